The summed E-state index contributed by atoms with van der Waals surface area (Å²) in [6, 6.07) is 8.61. The van der Waals surface area contributed by atoms with Crippen molar-refractivity contribution in [2.45, 2.75) is 32.6 Å². The summed E-state index contributed by atoms with van der Waals surface area (Å²) < 4.78 is 4.86. The number of nitrogens with zero attached hydrogens (tertiary/aromatic N) is 3. The molecule has 8 nitrogen and oxygen atoms in total. The Morgan fingerprint density at radius 3 is 2.32 bits per heavy atom. The number of carbonyl (C=O) groups is 4. The minimum Gasteiger partial charge on any atom is -0.466 e. The number of ether oxygens (including phenoxy) is 1. The van der Waals surface area contributed by atoms with Gasteiger partial charge in [-0.1, -0.05) is 12.1 Å². The first-order valence-corrected chi connectivity index (χ1v) is 9.25. The topological polar surface area (TPSA) is 108 Å². The van der Waals surface area contributed by atoms with Crippen molar-refractivity contribution in [3.8, 4) is 6.07 Å². The molecular formula is C20H23N3O5. The summed E-state index contributed by atoms with van der Waals surface area (Å²) in [5.41, 5.74) is 0.757. The van der Waals surface area contributed by atoms with Crippen LogP contribution in [0.15, 0.2) is 24.3 Å². The number of hydrogen-bond donors (Lipinski definition) is 0. The van der Waals surface area contributed by atoms with E-state index in [4.69, 9.17) is 10.00 Å². The largest absolute Gasteiger partial charge is 0.466 e. The Hall–Kier alpha value is -3.21. The average molecular weight is 385 g/mol. The smallest absolute Gasteiger partial charge is 0.307 e. The molecule has 0 saturated heterocycles. The van der Waals surface area contributed by atoms with Gasteiger partial charge in [-0.2, -0.15) is 5.26 Å². The van der Waals surface area contributed by atoms with Crippen LogP contribution in [0.25, 0.3) is 0 Å². The zero-order chi connectivity index (χ0) is 20.5. The number of fused-ring (bicyclic) bond motifs is 1. The lowest BCUT2D eigenvalue weighted by Gasteiger charge is -2.22. The number of carbonyl (C=O) groups excluding carboxylic acids is 4. The minimum atomic E-state index is -0.400. The van der Waals surface area contributed by atoms with Gasteiger partial charge in [-0.15, -0.1) is 0 Å². The molecule has 1 heterocycles. The molecule has 0 bridgehead atoms. The number of amides is 3. The van der Waals surface area contributed by atoms with Crippen molar-refractivity contribution in [1.29, 1.82) is 5.26 Å². The molecule has 2 rings (SSSR count). The molecule has 0 spiro atoms. The van der Waals surface area contributed by atoms with E-state index in [1.54, 1.807) is 31.2 Å². The van der Waals surface area contributed by atoms with Crippen molar-refractivity contribution in [2.24, 2.45) is 0 Å². The van der Waals surface area contributed by atoms with Gasteiger partial charge in [-0.05, 0) is 25.5 Å². The van der Waals surface area contributed by atoms with E-state index in [1.165, 1.54) is 4.90 Å². The van der Waals surface area contributed by atoms with Crippen LogP contribution in [0.3, 0.4) is 0 Å². The lowest BCUT2D eigenvalue weighted by molar-refractivity contribution is -0.144. The van der Waals surface area contributed by atoms with Crippen LogP contribution >= 0.6 is 0 Å². The maximum atomic E-state index is 12.5. The van der Waals surface area contributed by atoms with Crippen LogP contribution in [0.4, 0.5) is 0 Å². The van der Waals surface area contributed by atoms with Gasteiger partial charge in [0.05, 0.1) is 36.6 Å². The molecule has 0 saturated carbocycles. The average Bonchev–Trinajstić information content (AvgIpc) is 2.93. The molecule has 1 aliphatic rings. The Labute approximate surface area is 163 Å². The van der Waals surface area contributed by atoms with E-state index in [1.807, 2.05) is 6.07 Å². The third-order valence-corrected chi connectivity index (χ3v) is 4.39. The fraction of sp³-hybridized carbons (Fsp3) is 0.450. The molecule has 1 aromatic rings. The summed E-state index contributed by atoms with van der Waals surface area (Å²) in [6.07, 6.45) is 0.644. The molecule has 0 atom stereocenters. The second-order valence-electron chi connectivity index (χ2n) is 6.26. The first-order valence-electron chi connectivity index (χ1n) is 9.25. The van der Waals surface area contributed by atoms with Crippen molar-refractivity contribution in [3.05, 3.63) is 35.4 Å². The molecule has 148 valence electrons. The van der Waals surface area contributed by atoms with E-state index < -0.39 is 5.97 Å². The van der Waals surface area contributed by atoms with Gasteiger partial charge in [0.2, 0.25) is 5.91 Å². The van der Waals surface area contributed by atoms with Gasteiger partial charge in [-0.3, -0.25) is 24.1 Å². The lowest BCUT2D eigenvalue weighted by Crippen LogP contribution is -2.35. The summed E-state index contributed by atoms with van der Waals surface area (Å²) in [4.78, 5) is 51.2. The van der Waals surface area contributed by atoms with E-state index in [2.05, 4.69) is 0 Å². The molecule has 8 heteroatoms. The maximum absolute atomic E-state index is 12.5. The SMILES string of the molecule is CCOC(=O)CCN(CCC#N)C(=O)CCCN1C(=O)c2ccccc2C1=O. The standard InChI is InChI=1S/C20H23N3O5/c1-2-28-18(25)10-14-22(12-6-11-21)17(24)9-5-13-23-19(26)15-7-3-4-8-16(15)20(23)27/h3-4,7-8H,2,5-6,9-10,12-14H2,1H3. The Kier molecular flexibility index (Phi) is 7.69. The van der Waals surface area contributed by atoms with Gasteiger partial charge in [-0.25, -0.2) is 0 Å². The van der Waals surface area contributed by atoms with Crippen molar-refractivity contribution < 1.29 is 23.9 Å². The zero-order valence-corrected chi connectivity index (χ0v) is 15.8. The van der Waals surface area contributed by atoms with Crippen LogP contribution in [-0.4, -0.2) is 59.7 Å². The summed E-state index contributed by atoms with van der Waals surface area (Å²) in [7, 11) is 0. The molecule has 0 aromatic heterocycles. The van der Waals surface area contributed by atoms with Crippen molar-refractivity contribution in [2.75, 3.05) is 26.2 Å². The maximum Gasteiger partial charge on any atom is 0.307 e. The molecule has 0 aliphatic carbocycles. The van der Waals surface area contributed by atoms with E-state index in [9.17, 15) is 19.2 Å². The number of hydrogen-bond acceptors (Lipinski definition) is 6. The van der Waals surface area contributed by atoms with Gasteiger partial charge < -0.3 is 9.64 Å². The third-order valence-electron chi connectivity index (χ3n) is 4.39. The predicted octanol–water partition coefficient (Wildman–Crippen LogP) is 1.76. The highest BCUT2D eigenvalue weighted by molar-refractivity contribution is 6.21. The third kappa shape index (κ3) is 5.16. The first-order chi connectivity index (χ1) is 13.5. The number of benzene rings is 1. The highest BCUT2D eigenvalue weighted by Gasteiger charge is 2.34. The summed E-state index contributed by atoms with van der Waals surface area (Å²) in [6.45, 7) is 2.51. The van der Waals surface area contributed by atoms with Crippen LogP contribution in [-0.2, 0) is 14.3 Å². The fourth-order valence-corrected chi connectivity index (χ4v) is 2.99. The fourth-order valence-electron chi connectivity index (χ4n) is 2.99. The summed E-state index contributed by atoms with van der Waals surface area (Å²) in [5.74, 6) is -1.33. The van der Waals surface area contributed by atoms with Gasteiger partial charge in [0.15, 0.2) is 0 Å². The molecule has 3 amide bonds. The number of esters is 1. The van der Waals surface area contributed by atoms with Crippen molar-refractivity contribution in [1.82, 2.24) is 9.80 Å². The normalized spacial score (nSPS) is 12.5. The van der Waals surface area contributed by atoms with E-state index in [0.29, 0.717) is 17.5 Å². The molecule has 0 radical (unpaired) electrons. The Balaban J connectivity index is 1.86. The van der Waals surface area contributed by atoms with Crippen LogP contribution < -0.4 is 0 Å². The first kappa shape index (κ1) is 21.1. The summed E-state index contributed by atoms with van der Waals surface area (Å²) >= 11 is 0. The van der Waals surface area contributed by atoms with Gasteiger partial charge in [0.1, 0.15) is 0 Å². The molecular weight excluding hydrogens is 362 g/mol. The van der Waals surface area contributed by atoms with Crippen molar-refractivity contribution >= 4 is 23.7 Å². The monoisotopic (exact) mass is 385 g/mol. The number of rotatable bonds is 10. The minimum absolute atomic E-state index is 0.0589. The zero-order valence-electron chi connectivity index (χ0n) is 15.8. The highest BCUT2D eigenvalue weighted by atomic mass is 16.5. The Morgan fingerprint density at radius 1 is 1.11 bits per heavy atom. The highest BCUT2D eigenvalue weighted by Crippen LogP contribution is 2.22. The Bertz CT molecular complexity index is 764. The van der Waals surface area contributed by atoms with Gasteiger partial charge in [0, 0.05) is 26.1 Å². The number of imide groups is 1. The summed E-state index contributed by atoms with van der Waals surface area (Å²) in [5, 5.41) is 8.76. The lowest BCUT2D eigenvalue weighted by atomic mass is 10.1. The molecule has 28 heavy (non-hydrogen) atoms. The number of nitriles is 1. The Morgan fingerprint density at radius 2 is 1.75 bits per heavy atom. The molecule has 0 fully saturated rings. The molecule has 1 aliphatic heterocycles. The van der Waals surface area contributed by atoms with E-state index in [-0.39, 0.29) is 63.2 Å². The van der Waals surface area contributed by atoms with Crippen LogP contribution in [0.1, 0.15) is 53.3 Å². The van der Waals surface area contributed by atoms with E-state index in [0.717, 1.165) is 4.90 Å². The van der Waals surface area contributed by atoms with Gasteiger partial charge >= 0.3 is 5.97 Å². The second kappa shape index (κ2) is 10.2. The molecule has 0 N–H and O–H groups in total. The molecule has 1 aromatic carbocycles. The van der Waals surface area contributed by atoms with Crippen LogP contribution in [0.2, 0.25) is 0 Å². The van der Waals surface area contributed by atoms with E-state index >= 15 is 0 Å². The van der Waals surface area contributed by atoms with Crippen molar-refractivity contribution in [3.63, 3.8) is 0 Å². The second-order valence-corrected chi connectivity index (χ2v) is 6.26. The molecule has 0 unspecified atom stereocenters. The van der Waals surface area contributed by atoms with Gasteiger partial charge in [0.25, 0.3) is 11.8 Å². The van der Waals surface area contributed by atoms with Crippen LogP contribution in [0.5, 0.6) is 0 Å². The quantitative estimate of drug-likeness (QED) is 0.449. The predicted molar refractivity (Wildman–Crippen MR) is 99.1 cm³/mol. The van der Waals surface area contributed by atoms with Crippen LogP contribution in [0, 0.1) is 11.3 Å².